The van der Waals surface area contributed by atoms with Crippen LogP contribution >= 0.6 is 11.6 Å². The van der Waals surface area contributed by atoms with Crippen molar-refractivity contribution in [3.05, 3.63) is 41.2 Å². The Labute approximate surface area is 147 Å². The van der Waals surface area contributed by atoms with Gasteiger partial charge in [0.2, 0.25) is 10.0 Å². The number of piperidine rings is 1. The van der Waals surface area contributed by atoms with Crippen molar-refractivity contribution in [2.45, 2.75) is 30.6 Å². The van der Waals surface area contributed by atoms with Gasteiger partial charge < -0.3 is 4.90 Å². The quantitative estimate of drug-likeness (QED) is 0.821. The van der Waals surface area contributed by atoms with Gasteiger partial charge in [0.15, 0.2) is 0 Å². The van der Waals surface area contributed by atoms with Crippen LogP contribution in [0.15, 0.2) is 35.4 Å². The summed E-state index contributed by atoms with van der Waals surface area (Å²) < 4.78 is 26.8. The van der Waals surface area contributed by atoms with Gasteiger partial charge in [-0.3, -0.25) is 5.10 Å². The van der Waals surface area contributed by atoms with E-state index in [0.29, 0.717) is 13.0 Å². The minimum absolute atomic E-state index is 0.0217. The molecule has 3 rings (SSSR count). The Morgan fingerprint density at radius 3 is 2.50 bits per heavy atom. The fourth-order valence-electron chi connectivity index (χ4n) is 2.88. The molecule has 0 spiro atoms. The van der Waals surface area contributed by atoms with Crippen molar-refractivity contribution in [2.75, 3.05) is 24.5 Å². The van der Waals surface area contributed by atoms with Crippen LogP contribution in [0.25, 0.3) is 0 Å². The van der Waals surface area contributed by atoms with Crippen molar-refractivity contribution >= 4 is 27.3 Å². The summed E-state index contributed by atoms with van der Waals surface area (Å²) in [6.45, 7) is 2.54. The molecule has 0 radical (unpaired) electrons. The number of aromatic nitrogens is 2. The standard InChI is InChI=1S/C16H21ClN4O2S/c17-16-15(12-18-20-16)24(22,23)19-9-8-13-4-6-14(7-5-13)21-10-2-1-3-11-21/h4-7,12,19H,1-3,8-11H2,(H,18,20). The van der Waals surface area contributed by atoms with Crippen molar-refractivity contribution in [2.24, 2.45) is 0 Å². The lowest BCUT2D eigenvalue weighted by molar-refractivity contribution is 0.577. The van der Waals surface area contributed by atoms with Crippen LogP contribution in [0.5, 0.6) is 0 Å². The average molecular weight is 369 g/mol. The van der Waals surface area contributed by atoms with E-state index in [1.165, 1.54) is 31.1 Å². The number of halogens is 1. The van der Waals surface area contributed by atoms with E-state index >= 15 is 0 Å². The predicted octanol–water partition coefficient (Wildman–Crippen LogP) is 2.57. The molecular weight excluding hydrogens is 348 g/mol. The maximum absolute atomic E-state index is 12.1. The van der Waals surface area contributed by atoms with Gasteiger partial charge in [0.05, 0.1) is 6.20 Å². The summed E-state index contributed by atoms with van der Waals surface area (Å²) in [7, 11) is -3.63. The monoisotopic (exact) mass is 368 g/mol. The van der Waals surface area contributed by atoms with Crippen LogP contribution in [0.3, 0.4) is 0 Å². The molecule has 1 aromatic carbocycles. The predicted molar refractivity (Wildman–Crippen MR) is 95.0 cm³/mol. The van der Waals surface area contributed by atoms with Crippen molar-refractivity contribution in [1.29, 1.82) is 0 Å². The van der Waals surface area contributed by atoms with Gasteiger partial charge in [-0.15, -0.1) is 0 Å². The van der Waals surface area contributed by atoms with Crippen LogP contribution in [-0.2, 0) is 16.4 Å². The summed E-state index contributed by atoms with van der Waals surface area (Å²) in [4.78, 5) is 2.38. The molecule has 2 heterocycles. The van der Waals surface area contributed by atoms with Gasteiger partial charge in [0, 0.05) is 25.3 Å². The van der Waals surface area contributed by atoms with Gasteiger partial charge in [-0.05, 0) is 43.4 Å². The molecule has 1 aromatic heterocycles. The first-order chi connectivity index (χ1) is 11.6. The second-order valence-electron chi connectivity index (χ2n) is 5.91. The molecule has 1 aliphatic heterocycles. The molecule has 1 saturated heterocycles. The SMILES string of the molecule is O=S(=O)(NCCc1ccc(N2CCCCC2)cc1)c1cn[nH]c1Cl. The summed E-state index contributed by atoms with van der Waals surface area (Å²) in [5.41, 5.74) is 2.33. The zero-order valence-electron chi connectivity index (χ0n) is 13.3. The molecule has 0 unspecified atom stereocenters. The number of anilines is 1. The highest BCUT2D eigenvalue weighted by Crippen LogP contribution is 2.20. The van der Waals surface area contributed by atoms with Crippen molar-refractivity contribution in [1.82, 2.24) is 14.9 Å². The Morgan fingerprint density at radius 2 is 1.88 bits per heavy atom. The second kappa shape index (κ2) is 7.55. The van der Waals surface area contributed by atoms with Crippen LogP contribution < -0.4 is 9.62 Å². The lowest BCUT2D eigenvalue weighted by Crippen LogP contribution is -2.29. The normalized spacial score (nSPS) is 15.6. The molecule has 1 fully saturated rings. The Morgan fingerprint density at radius 1 is 1.17 bits per heavy atom. The smallest absolute Gasteiger partial charge is 0.245 e. The first kappa shape index (κ1) is 17.3. The third-order valence-corrected chi connectivity index (χ3v) is 6.09. The molecular formula is C16H21ClN4O2S. The van der Waals surface area contributed by atoms with Gasteiger partial charge in [-0.1, -0.05) is 23.7 Å². The second-order valence-corrected chi connectivity index (χ2v) is 8.02. The van der Waals surface area contributed by atoms with Crippen LogP contribution in [-0.4, -0.2) is 38.2 Å². The fraction of sp³-hybridized carbons (Fsp3) is 0.438. The van der Waals surface area contributed by atoms with Crippen LogP contribution in [0.4, 0.5) is 5.69 Å². The zero-order valence-corrected chi connectivity index (χ0v) is 14.9. The lowest BCUT2D eigenvalue weighted by Gasteiger charge is -2.28. The lowest BCUT2D eigenvalue weighted by atomic mass is 10.1. The van der Waals surface area contributed by atoms with Crippen LogP contribution in [0.2, 0.25) is 5.15 Å². The summed E-state index contributed by atoms with van der Waals surface area (Å²) in [5, 5.41) is 6.06. The average Bonchev–Trinajstić information content (AvgIpc) is 3.03. The molecule has 130 valence electrons. The van der Waals surface area contributed by atoms with E-state index < -0.39 is 10.0 Å². The Balaban J connectivity index is 1.54. The maximum atomic E-state index is 12.1. The fourth-order valence-corrected chi connectivity index (χ4v) is 4.28. The van der Waals surface area contributed by atoms with Gasteiger partial charge in [0.25, 0.3) is 0 Å². The Kier molecular flexibility index (Phi) is 5.43. The van der Waals surface area contributed by atoms with Crippen molar-refractivity contribution in [3.8, 4) is 0 Å². The molecule has 0 bridgehead atoms. The number of rotatable bonds is 6. The highest BCUT2D eigenvalue weighted by Gasteiger charge is 2.19. The first-order valence-electron chi connectivity index (χ1n) is 8.09. The van der Waals surface area contributed by atoms with Crippen LogP contribution in [0, 0.1) is 0 Å². The minimum Gasteiger partial charge on any atom is -0.372 e. The first-order valence-corrected chi connectivity index (χ1v) is 9.95. The van der Waals surface area contributed by atoms with E-state index in [0.717, 1.165) is 18.7 Å². The van der Waals surface area contributed by atoms with E-state index in [1.54, 1.807) is 0 Å². The van der Waals surface area contributed by atoms with Gasteiger partial charge >= 0.3 is 0 Å². The van der Waals surface area contributed by atoms with Gasteiger partial charge in [-0.2, -0.15) is 5.10 Å². The maximum Gasteiger partial charge on any atom is 0.245 e. The number of nitrogens with zero attached hydrogens (tertiary/aromatic N) is 2. The minimum atomic E-state index is -3.63. The molecule has 24 heavy (non-hydrogen) atoms. The number of benzene rings is 1. The van der Waals surface area contributed by atoms with Crippen molar-refractivity contribution in [3.63, 3.8) is 0 Å². The highest BCUT2D eigenvalue weighted by atomic mass is 35.5. The molecule has 0 aliphatic carbocycles. The number of sulfonamides is 1. The topological polar surface area (TPSA) is 78.1 Å². The largest absolute Gasteiger partial charge is 0.372 e. The Hall–Kier alpha value is -1.57. The number of H-pyrrole nitrogens is 1. The van der Waals surface area contributed by atoms with Gasteiger partial charge in [0.1, 0.15) is 10.0 Å². The summed E-state index contributed by atoms with van der Waals surface area (Å²) in [5.74, 6) is 0. The van der Waals surface area contributed by atoms with E-state index in [4.69, 9.17) is 11.6 Å². The van der Waals surface area contributed by atoms with E-state index in [-0.39, 0.29) is 10.0 Å². The third kappa shape index (κ3) is 4.09. The number of hydrogen-bond acceptors (Lipinski definition) is 4. The van der Waals surface area contributed by atoms with E-state index in [9.17, 15) is 8.42 Å². The zero-order chi connectivity index (χ0) is 17.0. The molecule has 1 aliphatic rings. The summed E-state index contributed by atoms with van der Waals surface area (Å²) in [6, 6.07) is 8.34. The van der Waals surface area contributed by atoms with Crippen LogP contribution in [0.1, 0.15) is 24.8 Å². The molecule has 2 N–H and O–H groups in total. The number of aromatic amines is 1. The van der Waals surface area contributed by atoms with E-state index in [1.807, 2.05) is 0 Å². The van der Waals surface area contributed by atoms with E-state index in [2.05, 4.69) is 44.1 Å². The number of nitrogens with one attached hydrogen (secondary N) is 2. The molecule has 0 amide bonds. The Bertz CT molecular complexity index is 768. The van der Waals surface area contributed by atoms with Gasteiger partial charge in [-0.25, -0.2) is 13.1 Å². The molecule has 2 aromatic rings. The van der Waals surface area contributed by atoms with Crippen molar-refractivity contribution < 1.29 is 8.42 Å². The molecule has 6 nitrogen and oxygen atoms in total. The highest BCUT2D eigenvalue weighted by molar-refractivity contribution is 7.89. The number of hydrogen-bond donors (Lipinski definition) is 2. The summed E-state index contributed by atoms with van der Waals surface area (Å²) >= 11 is 5.77. The summed E-state index contributed by atoms with van der Waals surface area (Å²) in [6.07, 6.45) is 5.64. The molecule has 0 saturated carbocycles. The molecule has 0 atom stereocenters. The molecule has 8 heteroatoms. The third-order valence-electron chi connectivity index (χ3n) is 4.21.